The Balaban J connectivity index is 1.71. The molecule has 1 N–H and O–H groups in total. The van der Waals surface area contributed by atoms with Gasteiger partial charge in [-0.1, -0.05) is 66.2 Å². The van der Waals surface area contributed by atoms with Gasteiger partial charge in [0.2, 0.25) is 0 Å². The second kappa shape index (κ2) is 8.46. The minimum absolute atomic E-state index is 0.295. The normalized spacial score (nSPS) is 11.5. The van der Waals surface area contributed by atoms with E-state index in [0.717, 1.165) is 41.2 Å². The molecule has 1 heterocycles. The van der Waals surface area contributed by atoms with Gasteiger partial charge >= 0.3 is 0 Å². The first-order valence-electron chi connectivity index (χ1n) is 9.59. The fourth-order valence-electron chi connectivity index (χ4n) is 3.34. The van der Waals surface area contributed by atoms with Crippen LogP contribution in [0.15, 0.2) is 83.8 Å². The van der Waals surface area contributed by atoms with Crippen LogP contribution in [0.4, 0.5) is 0 Å². The number of rotatable bonds is 6. The Morgan fingerprint density at radius 2 is 1.47 bits per heavy atom. The van der Waals surface area contributed by atoms with Gasteiger partial charge < -0.3 is 4.98 Å². The van der Waals surface area contributed by atoms with Gasteiger partial charge in [0, 0.05) is 28.8 Å². The van der Waals surface area contributed by atoms with Crippen LogP contribution in [0.1, 0.15) is 11.4 Å². The van der Waals surface area contributed by atoms with Gasteiger partial charge in [-0.3, -0.25) is 0 Å². The Labute approximate surface area is 181 Å². The van der Waals surface area contributed by atoms with Crippen molar-refractivity contribution in [3.8, 4) is 22.5 Å². The lowest BCUT2D eigenvalue weighted by molar-refractivity contribution is 0.602. The van der Waals surface area contributed by atoms with Gasteiger partial charge in [-0.2, -0.15) is 0 Å². The van der Waals surface area contributed by atoms with E-state index in [0.29, 0.717) is 9.92 Å². The first kappa shape index (κ1) is 20.4. The molecule has 4 nitrogen and oxygen atoms in total. The van der Waals surface area contributed by atoms with Crippen molar-refractivity contribution in [1.29, 1.82) is 0 Å². The number of sulfone groups is 1. The first-order chi connectivity index (χ1) is 14.4. The minimum Gasteiger partial charge on any atom is -0.341 e. The van der Waals surface area contributed by atoms with Crippen LogP contribution in [0.5, 0.6) is 0 Å². The van der Waals surface area contributed by atoms with Crippen LogP contribution in [-0.4, -0.2) is 24.6 Å². The molecule has 0 saturated carbocycles. The molecule has 4 rings (SSSR count). The molecule has 152 valence electrons. The molecule has 0 atom stereocenters. The van der Waals surface area contributed by atoms with E-state index in [-0.39, 0.29) is 0 Å². The number of hydrogen-bond donors (Lipinski definition) is 1. The number of aryl methyl sites for hydroxylation is 2. The number of benzene rings is 3. The summed E-state index contributed by atoms with van der Waals surface area (Å²) in [6.45, 7) is 0. The molecular weight excluding hydrogens is 416 g/mol. The molecule has 0 aliphatic heterocycles. The number of H-pyrrole nitrogens is 1. The van der Waals surface area contributed by atoms with Crippen molar-refractivity contribution in [1.82, 2.24) is 9.97 Å². The molecule has 3 aromatic carbocycles. The average molecular weight is 437 g/mol. The highest BCUT2D eigenvalue weighted by Gasteiger charge is 2.15. The largest absolute Gasteiger partial charge is 0.341 e. The summed E-state index contributed by atoms with van der Waals surface area (Å²) in [6.07, 6.45) is 2.85. The summed E-state index contributed by atoms with van der Waals surface area (Å²) in [6, 6.07) is 24.7. The van der Waals surface area contributed by atoms with Gasteiger partial charge in [0.25, 0.3) is 0 Å². The van der Waals surface area contributed by atoms with E-state index in [1.165, 1.54) is 11.8 Å². The highest BCUT2D eigenvalue weighted by Crippen LogP contribution is 2.31. The molecule has 0 aliphatic carbocycles. The van der Waals surface area contributed by atoms with Crippen LogP contribution < -0.4 is 0 Å². The molecule has 30 heavy (non-hydrogen) atoms. The molecule has 6 heteroatoms. The Bertz CT molecular complexity index is 1250. The Morgan fingerprint density at radius 1 is 0.833 bits per heavy atom. The van der Waals surface area contributed by atoms with Gasteiger partial charge in [-0.25, -0.2) is 13.4 Å². The van der Waals surface area contributed by atoms with Crippen molar-refractivity contribution < 1.29 is 8.42 Å². The molecule has 0 amide bonds. The van der Waals surface area contributed by atoms with Crippen LogP contribution in [0.3, 0.4) is 0 Å². The van der Waals surface area contributed by atoms with Crippen molar-refractivity contribution in [2.24, 2.45) is 0 Å². The highest BCUT2D eigenvalue weighted by atomic mass is 35.5. The second-order valence-electron chi connectivity index (χ2n) is 7.20. The van der Waals surface area contributed by atoms with Crippen LogP contribution in [0, 0.1) is 0 Å². The first-order valence-corrected chi connectivity index (χ1v) is 11.9. The number of nitrogens with zero attached hydrogens (tertiary/aromatic N) is 1. The molecule has 0 aliphatic rings. The number of halogens is 1. The van der Waals surface area contributed by atoms with Crippen LogP contribution in [-0.2, 0) is 22.7 Å². The van der Waals surface area contributed by atoms with E-state index < -0.39 is 9.84 Å². The quantitative estimate of drug-likeness (QED) is 0.428. The molecule has 0 fully saturated rings. The van der Waals surface area contributed by atoms with E-state index in [1.807, 2.05) is 54.6 Å². The van der Waals surface area contributed by atoms with E-state index in [1.54, 1.807) is 12.1 Å². The highest BCUT2D eigenvalue weighted by molar-refractivity contribution is 7.90. The van der Waals surface area contributed by atoms with Crippen molar-refractivity contribution in [2.75, 3.05) is 6.26 Å². The second-order valence-corrected chi connectivity index (χ2v) is 9.65. The predicted octanol–water partition coefficient (Wildman–Crippen LogP) is 5.59. The number of aromatic amines is 1. The van der Waals surface area contributed by atoms with Gasteiger partial charge in [-0.05, 0) is 36.2 Å². The fraction of sp³-hybridized carbons (Fsp3) is 0.125. The van der Waals surface area contributed by atoms with Crippen molar-refractivity contribution in [2.45, 2.75) is 17.7 Å². The molecule has 4 aromatic rings. The lowest BCUT2D eigenvalue weighted by atomic mass is 10.1. The topological polar surface area (TPSA) is 62.8 Å². The number of imidazole rings is 1. The zero-order valence-corrected chi connectivity index (χ0v) is 18.0. The van der Waals surface area contributed by atoms with Crippen molar-refractivity contribution in [3.63, 3.8) is 0 Å². The molecule has 0 unspecified atom stereocenters. The number of nitrogens with one attached hydrogen (secondary N) is 1. The summed E-state index contributed by atoms with van der Waals surface area (Å²) in [5, 5.41) is 0.664. The zero-order valence-electron chi connectivity index (χ0n) is 16.5. The third-order valence-corrected chi connectivity index (χ3v) is 6.32. The van der Waals surface area contributed by atoms with Crippen molar-refractivity contribution >= 4 is 21.4 Å². The van der Waals surface area contributed by atoms with E-state index in [9.17, 15) is 8.42 Å². The molecule has 0 radical (unpaired) electrons. The standard InChI is InChI=1S/C24H21ClN2O2S/c1-30(28,29)21-14-10-19(11-15-21)24-23(18-8-12-20(25)13-9-18)26-22(27-24)16-7-17-5-3-2-4-6-17/h2-6,8-15H,7,16H2,1H3,(H,26,27). The summed E-state index contributed by atoms with van der Waals surface area (Å²) in [4.78, 5) is 8.60. The number of hydrogen-bond acceptors (Lipinski definition) is 3. The monoisotopic (exact) mass is 436 g/mol. The molecule has 0 saturated heterocycles. The number of aromatic nitrogens is 2. The van der Waals surface area contributed by atoms with E-state index in [2.05, 4.69) is 17.1 Å². The maximum absolute atomic E-state index is 11.8. The summed E-state index contributed by atoms with van der Waals surface area (Å²) < 4.78 is 23.6. The van der Waals surface area contributed by atoms with E-state index >= 15 is 0 Å². The molecule has 1 aromatic heterocycles. The third kappa shape index (κ3) is 4.64. The Kier molecular flexibility index (Phi) is 5.75. The Hall–Kier alpha value is -2.89. The average Bonchev–Trinajstić information content (AvgIpc) is 3.17. The lowest BCUT2D eigenvalue weighted by Gasteiger charge is -2.05. The van der Waals surface area contributed by atoms with Gasteiger partial charge in [0.1, 0.15) is 5.82 Å². The Morgan fingerprint density at radius 3 is 2.10 bits per heavy atom. The summed E-state index contributed by atoms with van der Waals surface area (Å²) in [5.74, 6) is 0.881. The van der Waals surface area contributed by atoms with E-state index in [4.69, 9.17) is 16.6 Å². The lowest BCUT2D eigenvalue weighted by Crippen LogP contribution is -1.96. The maximum Gasteiger partial charge on any atom is 0.175 e. The zero-order chi connectivity index (χ0) is 21.1. The molecule has 0 bridgehead atoms. The van der Waals surface area contributed by atoms with Crippen LogP contribution in [0.2, 0.25) is 5.02 Å². The predicted molar refractivity (Wildman–Crippen MR) is 121 cm³/mol. The van der Waals surface area contributed by atoms with Gasteiger partial charge in [0.05, 0.1) is 16.3 Å². The van der Waals surface area contributed by atoms with Crippen LogP contribution >= 0.6 is 11.6 Å². The smallest absolute Gasteiger partial charge is 0.175 e. The van der Waals surface area contributed by atoms with Crippen molar-refractivity contribution in [3.05, 3.63) is 95.3 Å². The molecule has 0 spiro atoms. The van der Waals surface area contributed by atoms with Gasteiger partial charge in [-0.15, -0.1) is 0 Å². The van der Waals surface area contributed by atoms with Crippen LogP contribution in [0.25, 0.3) is 22.5 Å². The summed E-state index contributed by atoms with van der Waals surface area (Å²) in [7, 11) is -3.24. The maximum atomic E-state index is 11.8. The summed E-state index contributed by atoms with van der Waals surface area (Å²) in [5.41, 5.74) is 4.76. The fourth-order valence-corrected chi connectivity index (χ4v) is 4.10. The summed E-state index contributed by atoms with van der Waals surface area (Å²) >= 11 is 6.05. The minimum atomic E-state index is -3.24. The SMILES string of the molecule is CS(=O)(=O)c1ccc(-c2[nH]c(CCc3ccccc3)nc2-c2ccc(Cl)cc2)cc1. The molecular formula is C24H21ClN2O2S. The third-order valence-electron chi connectivity index (χ3n) is 4.93. The van der Waals surface area contributed by atoms with Gasteiger partial charge in [0.15, 0.2) is 9.84 Å².